The Balaban J connectivity index is 1.75. The van der Waals surface area contributed by atoms with Crippen molar-refractivity contribution >= 4 is 12.0 Å². The molecule has 2 heterocycles. The van der Waals surface area contributed by atoms with Crippen LogP contribution in [0.1, 0.15) is 40.0 Å². The predicted molar refractivity (Wildman–Crippen MR) is 93.8 cm³/mol. The first-order valence-electron chi connectivity index (χ1n) is 9.16. The predicted octanol–water partition coefficient (Wildman–Crippen LogP) is 1.69. The van der Waals surface area contributed by atoms with Gasteiger partial charge in [-0.1, -0.05) is 0 Å². The largest absolute Gasteiger partial charge is 0.444 e. The maximum Gasteiger partial charge on any atom is 0.410 e. The molecule has 0 spiro atoms. The number of rotatable bonds is 3. The van der Waals surface area contributed by atoms with Crippen LogP contribution in [-0.2, 0) is 9.53 Å². The fraction of sp³-hybridized carbons (Fsp3) is 0.833. The minimum absolute atomic E-state index is 0.0754. The van der Waals surface area contributed by atoms with Gasteiger partial charge in [-0.2, -0.15) is 5.26 Å². The monoisotopic (exact) mass is 350 g/mol. The van der Waals surface area contributed by atoms with Gasteiger partial charge in [0, 0.05) is 45.1 Å². The fourth-order valence-electron chi connectivity index (χ4n) is 3.31. The van der Waals surface area contributed by atoms with Gasteiger partial charge in [-0.25, -0.2) is 4.79 Å². The van der Waals surface area contributed by atoms with Crippen LogP contribution in [0.25, 0.3) is 0 Å². The van der Waals surface area contributed by atoms with Gasteiger partial charge in [-0.15, -0.1) is 0 Å². The van der Waals surface area contributed by atoms with Crippen LogP contribution in [0, 0.1) is 17.2 Å². The smallest absolute Gasteiger partial charge is 0.410 e. The number of hydrogen-bond acceptors (Lipinski definition) is 5. The molecule has 0 saturated carbocycles. The van der Waals surface area contributed by atoms with E-state index < -0.39 is 5.60 Å². The molecule has 7 nitrogen and oxygen atoms in total. The van der Waals surface area contributed by atoms with Gasteiger partial charge in [-0.3, -0.25) is 4.79 Å². The molecule has 0 bridgehead atoms. The summed E-state index contributed by atoms with van der Waals surface area (Å²) in [7, 11) is 0. The van der Waals surface area contributed by atoms with Gasteiger partial charge in [0.1, 0.15) is 5.60 Å². The Morgan fingerprint density at radius 2 is 1.60 bits per heavy atom. The lowest BCUT2D eigenvalue weighted by molar-refractivity contribution is -0.138. The van der Waals surface area contributed by atoms with Gasteiger partial charge >= 0.3 is 6.09 Å². The summed E-state index contributed by atoms with van der Waals surface area (Å²) in [5.41, 5.74) is -0.496. The van der Waals surface area contributed by atoms with Crippen molar-refractivity contribution in [2.45, 2.75) is 45.6 Å². The highest BCUT2D eigenvalue weighted by Crippen LogP contribution is 2.21. The number of hydrogen-bond donors (Lipinski definition) is 0. The molecule has 0 N–H and O–H groups in total. The summed E-state index contributed by atoms with van der Waals surface area (Å²) in [5.74, 6) is 0.287. The van der Waals surface area contributed by atoms with Crippen molar-refractivity contribution in [2.24, 2.45) is 5.92 Å². The van der Waals surface area contributed by atoms with Crippen molar-refractivity contribution in [3.8, 4) is 6.07 Å². The van der Waals surface area contributed by atoms with Crippen LogP contribution < -0.4 is 0 Å². The topological polar surface area (TPSA) is 76.9 Å². The Morgan fingerprint density at radius 3 is 2.12 bits per heavy atom. The van der Waals surface area contributed by atoms with E-state index in [1.807, 2.05) is 25.7 Å². The van der Waals surface area contributed by atoms with E-state index in [0.717, 1.165) is 32.5 Å². The second-order valence-electron chi connectivity index (χ2n) is 7.82. The highest BCUT2D eigenvalue weighted by atomic mass is 16.6. The fourth-order valence-corrected chi connectivity index (χ4v) is 3.31. The number of carbonyl (C=O) groups excluding carboxylic acids is 2. The zero-order chi connectivity index (χ0) is 18.4. The normalized spacial score (nSPS) is 20.2. The van der Waals surface area contributed by atoms with Crippen LogP contribution in [0.2, 0.25) is 0 Å². The molecule has 2 aliphatic rings. The van der Waals surface area contributed by atoms with E-state index in [9.17, 15) is 9.59 Å². The second-order valence-corrected chi connectivity index (χ2v) is 7.82. The molecule has 0 aliphatic carbocycles. The summed E-state index contributed by atoms with van der Waals surface area (Å²) < 4.78 is 5.39. The number of amides is 2. The summed E-state index contributed by atoms with van der Waals surface area (Å²) in [6.45, 7) is 10.3. The van der Waals surface area contributed by atoms with Crippen molar-refractivity contribution < 1.29 is 14.3 Å². The average Bonchev–Trinajstić information content (AvgIpc) is 2.58. The van der Waals surface area contributed by atoms with E-state index in [2.05, 4.69) is 11.0 Å². The molecule has 0 aromatic carbocycles. The van der Waals surface area contributed by atoms with Crippen molar-refractivity contribution in [2.75, 3.05) is 45.8 Å². The lowest BCUT2D eigenvalue weighted by Crippen LogP contribution is -2.53. The van der Waals surface area contributed by atoms with Crippen LogP contribution in [0.3, 0.4) is 0 Å². The molecule has 140 valence electrons. The first-order chi connectivity index (χ1) is 11.8. The molecule has 0 aromatic heterocycles. The highest BCUT2D eigenvalue weighted by Gasteiger charge is 2.32. The third-order valence-electron chi connectivity index (χ3n) is 4.72. The quantitative estimate of drug-likeness (QED) is 0.774. The van der Waals surface area contributed by atoms with Crippen LogP contribution in [0.4, 0.5) is 4.79 Å². The Labute approximate surface area is 150 Å². The summed E-state index contributed by atoms with van der Waals surface area (Å²) in [6.07, 6.45) is 1.96. The molecular formula is C18H30N4O3. The van der Waals surface area contributed by atoms with Crippen molar-refractivity contribution in [1.29, 1.82) is 5.26 Å². The third kappa shape index (κ3) is 5.89. The van der Waals surface area contributed by atoms with E-state index in [1.165, 1.54) is 0 Å². The highest BCUT2D eigenvalue weighted by molar-refractivity contribution is 5.79. The van der Waals surface area contributed by atoms with Crippen molar-refractivity contribution in [1.82, 2.24) is 14.7 Å². The first kappa shape index (κ1) is 19.5. The molecule has 2 saturated heterocycles. The number of piperazine rings is 1. The van der Waals surface area contributed by atoms with Gasteiger partial charge in [0.05, 0.1) is 6.07 Å². The van der Waals surface area contributed by atoms with Gasteiger partial charge in [0.15, 0.2) is 0 Å². The SMILES string of the molecule is CC(C)(C)OC(=O)N1CCN(C(=O)C2CCN(CCC#N)CC2)CC1. The Kier molecular flexibility index (Phi) is 6.65. The standard InChI is InChI=1S/C18H30N4O3/c1-18(2,3)25-17(24)22-13-11-21(12-14-22)16(23)15-5-9-20(10-6-15)8-4-7-19/h15H,4-6,8-14H2,1-3H3. The number of ether oxygens (including phenoxy) is 1. The minimum atomic E-state index is -0.496. The summed E-state index contributed by atoms with van der Waals surface area (Å²) in [5, 5.41) is 8.66. The molecule has 0 radical (unpaired) electrons. The molecule has 2 rings (SSSR count). The van der Waals surface area contributed by atoms with E-state index in [0.29, 0.717) is 32.6 Å². The van der Waals surface area contributed by atoms with E-state index in [-0.39, 0.29) is 17.9 Å². The summed E-state index contributed by atoms with van der Waals surface area (Å²) >= 11 is 0. The minimum Gasteiger partial charge on any atom is -0.444 e. The van der Waals surface area contributed by atoms with Crippen LogP contribution in [0.15, 0.2) is 0 Å². The Morgan fingerprint density at radius 1 is 1.04 bits per heavy atom. The third-order valence-corrected chi connectivity index (χ3v) is 4.72. The first-order valence-corrected chi connectivity index (χ1v) is 9.16. The van der Waals surface area contributed by atoms with E-state index in [1.54, 1.807) is 4.90 Å². The molecule has 2 aliphatic heterocycles. The summed E-state index contributed by atoms with van der Waals surface area (Å²) in [6, 6.07) is 2.17. The molecular weight excluding hydrogens is 320 g/mol. The number of carbonyl (C=O) groups is 2. The van der Waals surface area contributed by atoms with Crippen LogP contribution >= 0.6 is 0 Å². The Bertz CT molecular complexity index is 507. The average molecular weight is 350 g/mol. The van der Waals surface area contributed by atoms with Gasteiger partial charge in [0.2, 0.25) is 5.91 Å². The zero-order valence-corrected chi connectivity index (χ0v) is 15.7. The van der Waals surface area contributed by atoms with Crippen molar-refractivity contribution in [3.63, 3.8) is 0 Å². The van der Waals surface area contributed by atoms with E-state index >= 15 is 0 Å². The molecule has 25 heavy (non-hydrogen) atoms. The lowest BCUT2D eigenvalue weighted by Gasteiger charge is -2.38. The molecule has 2 amide bonds. The van der Waals surface area contributed by atoms with E-state index in [4.69, 9.17) is 10.00 Å². The van der Waals surface area contributed by atoms with Crippen LogP contribution in [0.5, 0.6) is 0 Å². The number of nitrogens with zero attached hydrogens (tertiary/aromatic N) is 4. The molecule has 2 fully saturated rings. The number of likely N-dealkylation sites (tertiary alicyclic amines) is 1. The second kappa shape index (κ2) is 8.52. The number of piperidine rings is 1. The maximum absolute atomic E-state index is 12.7. The lowest BCUT2D eigenvalue weighted by atomic mass is 9.95. The van der Waals surface area contributed by atoms with Gasteiger partial charge in [-0.05, 0) is 46.7 Å². The van der Waals surface area contributed by atoms with Crippen LogP contribution in [-0.4, -0.2) is 78.1 Å². The number of nitriles is 1. The zero-order valence-electron chi connectivity index (χ0n) is 15.7. The molecule has 0 aromatic rings. The van der Waals surface area contributed by atoms with Crippen molar-refractivity contribution in [3.05, 3.63) is 0 Å². The maximum atomic E-state index is 12.7. The summed E-state index contributed by atoms with van der Waals surface area (Å²) in [4.78, 5) is 30.6. The molecule has 7 heteroatoms. The molecule has 0 unspecified atom stereocenters. The molecule has 0 atom stereocenters. The Hall–Kier alpha value is -1.81. The van der Waals surface area contributed by atoms with Gasteiger partial charge < -0.3 is 19.4 Å². The van der Waals surface area contributed by atoms with Gasteiger partial charge in [0.25, 0.3) is 0 Å².